The van der Waals surface area contributed by atoms with Gasteiger partial charge in [-0.05, 0) is 54.3 Å². The van der Waals surface area contributed by atoms with E-state index in [9.17, 15) is 9.59 Å². The molecule has 0 heterocycles. The van der Waals surface area contributed by atoms with Crippen LogP contribution in [0, 0.1) is 5.92 Å². The zero-order valence-corrected chi connectivity index (χ0v) is 18.0. The highest BCUT2D eigenvalue weighted by Crippen LogP contribution is 2.37. The van der Waals surface area contributed by atoms with Gasteiger partial charge in [0.2, 0.25) is 0 Å². The van der Waals surface area contributed by atoms with Gasteiger partial charge in [0.15, 0.2) is 0 Å². The molecule has 0 aliphatic heterocycles. The zero-order chi connectivity index (χ0) is 22.1. The first-order valence-electron chi connectivity index (χ1n) is 10.6. The first-order chi connectivity index (χ1) is 14.4. The number of benzene rings is 2. The lowest BCUT2D eigenvalue weighted by Gasteiger charge is -2.39. The minimum atomic E-state index is -0.974. The maximum atomic E-state index is 13.1. The largest absolute Gasteiger partial charge is 0.478 e. The van der Waals surface area contributed by atoms with Crippen LogP contribution < -0.4 is 0 Å². The van der Waals surface area contributed by atoms with Crippen LogP contribution in [0.15, 0.2) is 61.7 Å². The van der Waals surface area contributed by atoms with E-state index in [0.717, 1.165) is 36.5 Å². The molecule has 160 valence electrons. The van der Waals surface area contributed by atoms with Gasteiger partial charge in [0.25, 0.3) is 0 Å². The van der Waals surface area contributed by atoms with Crippen molar-refractivity contribution >= 4 is 22.7 Å². The fraction of sp³-hybridized carbons (Fsp3) is 0.385. The summed E-state index contributed by atoms with van der Waals surface area (Å²) in [6.45, 7) is 12.0. The molecule has 30 heavy (non-hydrogen) atoms. The smallest absolute Gasteiger partial charge is 0.338 e. The van der Waals surface area contributed by atoms with E-state index in [1.165, 1.54) is 0 Å². The van der Waals surface area contributed by atoms with Crippen LogP contribution >= 0.6 is 0 Å². The van der Waals surface area contributed by atoms with Crippen molar-refractivity contribution < 1.29 is 19.4 Å². The molecule has 2 unspecified atom stereocenters. The second-order valence-electron chi connectivity index (χ2n) is 7.75. The molecule has 0 aliphatic rings. The molecule has 0 aliphatic carbocycles. The molecule has 2 aromatic carbocycles. The molecule has 2 atom stereocenters. The molecule has 0 amide bonds. The minimum absolute atomic E-state index is 0.181. The molecule has 4 heteroatoms. The fourth-order valence-corrected chi connectivity index (χ4v) is 4.04. The Kier molecular flexibility index (Phi) is 8.40. The Balaban J connectivity index is 2.35. The third kappa shape index (κ3) is 5.38. The lowest BCUT2D eigenvalue weighted by Crippen LogP contribution is -2.42. The van der Waals surface area contributed by atoms with Crippen molar-refractivity contribution in [1.29, 1.82) is 0 Å². The van der Waals surface area contributed by atoms with Crippen LogP contribution in [0.2, 0.25) is 0 Å². The third-order valence-electron chi connectivity index (χ3n) is 5.81. The Bertz CT molecular complexity index is 914. The Hall–Kier alpha value is -2.88. The highest BCUT2D eigenvalue weighted by atomic mass is 16.6. The van der Waals surface area contributed by atoms with Gasteiger partial charge in [-0.25, -0.2) is 9.59 Å². The normalized spacial score (nSPS) is 13.9. The number of carboxylic acids is 1. The number of aromatic carboxylic acids is 1. The summed E-state index contributed by atoms with van der Waals surface area (Å²) >= 11 is 0. The van der Waals surface area contributed by atoms with Crippen molar-refractivity contribution in [1.82, 2.24) is 0 Å². The molecule has 1 N–H and O–H groups in total. The van der Waals surface area contributed by atoms with Crippen LogP contribution in [0.3, 0.4) is 0 Å². The number of rotatable bonds is 12. The van der Waals surface area contributed by atoms with Gasteiger partial charge in [-0.3, -0.25) is 0 Å². The molecule has 0 saturated heterocycles. The third-order valence-corrected chi connectivity index (χ3v) is 5.81. The zero-order valence-electron chi connectivity index (χ0n) is 18.0. The quantitative estimate of drug-likeness (QED) is 0.310. The Morgan fingerprint density at radius 2 is 1.70 bits per heavy atom. The van der Waals surface area contributed by atoms with E-state index >= 15 is 0 Å². The predicted octanol–water partition coefficient (Wildman–Crippen LogP) is 6.80. The summed E-state index contributed by atoms with van der Waals surface area (Å²) in [4.78, 5) is 24.3. The van der Waals surface area contributed by atoms with Gasteiger partial charge < -0.3 is 9.84 Å². The first-order valence-corrected chi connectivity index (χ1v) is 10.6. The van der Waals surface area contributed by atoms with Crippen molar-refractivity contribution in [3.63, 3.8) is 0 Å². The standard InChI is InChI=1S/C26H32O4/c1-5-9-11-23(10-6-2)26(8-4,16-7-3)30-25(29)22-15-13-19-17-21(24(27)28)14-12-20(19)18-22/h6-7,12-15,17-18,23H,2-3,5,8-11,16H2,1,4H3,(H,27,28). The van der Waals surface area contributed by atoms with E-state index in [4.69, 9.17) is 9.84 Å². The SMILES string of the molecule is C=CCC(CCCC)C(CC)(CC=C)OC(=O)c1ccc2cc(C(=O)O)ccc2c1. The molecule has 0 radical (unpaired) electrons. The Morgan fingerprint density at radius 1 is 1.07 bits per heavy atom. The lowest BCUT2D eigenvalue weighted by atomic mass is 9.77. The summed E-state index contributed by atoms with van der Waals surface area (Å²) in [6.07, 6.45) is 8.91. The van der Waals surface area contributed by atoms with Crippen LogP contribution in [-0.4, -0.2) is 22.6 Å². The number of fused-ring (bicyclic) bond motifs is 1. The molecular weight excluding hydrogens is 376 g/mol. The maximum absolute atomic E-state index is 13.1. The Labute approximate surface area is 179 Å². The van der Waals surface area contributed by atoms with Crippen molar-refractivity contribution in [3.05, 3.63) is 72.8 Å². The molecule has 0 spiro atoms. The van der Waals surface area contributed by atoms with Gasteiger partial charge in [0, 0.05) is 12.3 Å². The Morgan fingerprint density at radius 3 is 2.23 bits per heavy atom. The monoisotopic (exact) mass is 408 g/mol. The van der Waals surface area contributed by atoms with Gasteiger partial charge >= 0.3 is 11.9 Å². The molecule has 0 saturated carbocycles. The van der Waals surface area contributed by atoms with Crippen LogP contribution in [0.1, 0.15) is 73.1 Å². The number of allylic oxidation sites excluding steroid dienone is 1. The minimum Gasteiger partial charge on any atom is -0.478 e. The van der Waals surface area contributed by atoms with E-state index in [0.29, 0.717) is 18.4 Å². The predicted molar refractivity (Wildman–Crippen MR) is 122 cm³/mol. The second-order valence-corrected chi connectivity index (χ2v) is 7.75. The van der Waals surface area contributed by atoms with Crippen LogP contribution in [-0.2, 0) is 4.74 Å². The van der Waals surface area contributed by atoms with Gasteiger partial charge in [-0.2, -0.15) is 0 Å². The van der Waals surface area contributed by atoms with Crippen molar-refractivity contribution in [2.24, 2.45) is 5.92 Å². The molecule has 2 rings (SSSR count). The van der Waals surface area contributed by atoms with Gasteiger partial charge in [-0.1, -0.05) is 51.0 Å². The summed E-state index contributed by atoms with van der Waals surface area (Å²) in [7, 11) is 0. The molecule has 4 nitrogen and oxygen atoms in total. The van der Waals surface area contributed by atoms with E-state index in [1.807, 2.05) is 19.1 Å². The molecule has 0 fully saturated rings. The average Bonchev–Trinajstić information content (AvgIpc) is 2.75. The number of unbranched alkanes of at least 4 members (excludes halogenated alkanes) is 1. The second kappa shape index (κ2) is 10.8. The molecule has 2 aromatic rings. The highest BCUT2D eigenvalue weighted by Gasteiger charge is 2.39. The molecule has 0 bridgehead atoms. The highest BCUT2D eigenvalue weighted by molar-refractivity contribution is 5.98. The molecule has 0 aromatic heterocycles. The van der Waals surface area contributed by atoms with Gasteiger partial charge in [0.05, 0.1) is 11.1 Å². The summed E-state index contributed by atoms with van der Waals surface area (Å²) in [5.41, 5.74) is 0.0573. The number of carbonyl (C=O) groups excluding carboxylic acids is 1. The fourth-order valence-electron chi connectivity index (χ4n) is 4.04. The number of hydrogen-bond acceptors (Lipinski definition) is 3. The number of ether oxygens (including phenoxy) is 1. The summed E-state index contributed by atoms with van der Waals surface area (Å²) in [5, 5.41) is 10.7. The average molecular weight is 409 g/mol. The summed E-state index contributed by atoms with van der Waals surface area (Å²) in [6, 6.07) is 10.1. The van der Waals surface area contributed by atoms with E-state index in [1.54, 1.807) is 36.4 Å². The maximum Gasteiger partial charge on any atom is 0.338 e. The number of esters is 1. The van der Waals surface area contributed by atoms with Gasteiger partial charge in [0.1, 0.15) is 5.60 Å². The number of carbonyl (C=O) groups is 2. The summed E-state index contributed by atoms with van der Waals surface area (Å²) in [5.74, 6) is -1.16. The van der Waals surface area contributed by atoms with Crippen LogP contribution in [0.4, 0.5) is 0 Å². The van der Waals surface area contributed by atoms with Crippen molar-refractivity contribution in [3.8, 4) is 0 Å². The van der Waals surface area contributed by atoms with E-state index in [-0.39, 0.29) is 17.5 Å². The topological polar surface area (TPSA) is 63.6 Å². The van der Waals surface area contributed by atoms with Gasteiger partial charge in [-0.15, -0.1) is 13.2 Å². The van der Waals surface area contributed by atoms with Crippen LogP contribution in [0.5, 0.6) is 0 Å². The number of carboxylic acid groups (broad SMARTS) is 1. The first kappa shape index (κ1) is 23.4. The van der Waals surface area contributed by atoms with Crippen molar-refractivity contribution in [2.45, 2.75) is 58.0 Å². The van der Waals surface area contributed by atoms with E-state index in [2.05, 4.69) is 20.1 Å². The number of hydrogen-bond donors (Lipinski definition) is 1. The van der Waals surface area contributed by atoms with Crippen molar-refractivity contribution in [2.75, 3.05) is 0 Å². The summed E-state index contributed by atoms with van der Waals surface area (Å²) < 4.78 is 6.18. The lowest BCUT2D eigenvalue weighted by molar-refractivity contribution is -0.0548. The molecular formula is C26H32O4. The van der Waals surface area contributed by atoms with Crippen LogP contribution in [0.25, 0.3) is 10.8 Å². The van der Waals surface area contributed by atoms with E-state index < -0.39 is 11.6 Å².